The summed E-state index contributed by atoms with van der Waals surface area (Å²) >= 11 is 0. The number of carbonyl (C=O) groups is 1. The summed E-state index contributed by atoms with van der Waals surface area (Å²) in [4.78, 5) is 24.6. The van der Waals surface area contributed by atoms with Gasteiger partial charge in [0.2, 0.25) is 0 Å². The van der Waals surface area contributed by atoms with Gasteiger partial charge in [0.15, 0.2) is 0 Å². The number of rotatable bonds is 3. The van der Waals surface area contributed by atoms with E-state index in [0.717, 1.165) is 12.8 Å². The van der Waals surface area contributed by atoms with Crippen molar-refractivity contribution in [2.24, 2.45) is 0 Å². The molecule has 0 atom stereocenters. The van der Waals surface area contributed by atoms with Crippen LogP contribution in [0.5, 0.6) is 0 Å². The van der Waals surface area contributed by atoms with E-state index in [2.05, 4.69) is 12.2 Å². The molecule has 6 heteroatoms. The summed E-state index contributed by atoms with van der Waals surface area (Å²) in [6.07, 6.45) is 1.69. The third-order valence-electron chi connectivity index (χ3n) is 4.09. The highest BCUT2D eigenvalue weighted by Gasteiger charge is 2.32. The van der Waals surface area contributed by atoms with Crippen LogP contribution in [-0.2, 0) is 0 Å². The van der Waals surface area contributed by atoms with E-state index in [9.17, 15) is 14.9 Å². The Hall–Kier alpha value is -1.95. The van der Waals surface area contributed by atoms with Gasteiger partial charge in [-0.3, -0.25) is 14.9 Å². The number of likely N-dealkylation sites (tertiary alicyclic amines) is 1. The molecule has 1 amide bonds. The molecule has 1 aromatic carbocycles. The Balaban J connectivity index is 2.16. The summed E-state index contributed by atoms with van der Waals surface area (Å²) in [6, 6.07) is 6.12. The first kappa shape index (κ1) is 14.5. The van der Waals surface area contributed by atoms with Crippen molar-refractivity contribution in [3.8, 4) is 0 Å². The Labute approximate surface area is 117 Å². The third-order valence-corrected chi connectivity index (χ3v) is 4.09. The number of nitrogens with zero attached hydrogens (tertiary/aromatic N) is 2. The lowest BCUT2D eigenvalue weighted by Crippen LogP contribution is -2.51. The van der Waals surface area contributed by atoms with Gasteiger partial charge in [0.1, 0.15) is 5.56 Å². The molecule has 1 heterocycles. The van der Waals surface area contributed by atoms with Crippen LogP contribution >= 0.6 is 0 Å². The summed E-state index contributed by atoms with van der Waals surface area (Å²) in [5, 5.41) is 14.2. The van der Waals surface area contributed by atoms with Gasteiger partial charge in [-0.05, 0) is 32.9 Å². The molecule has 0 spiro atoms. The zero-order valence-electron chi connectivity index (χ0n) is 11.8. The number of nitrogens with one attached hydrogen (secondary N) is 1. The fourth-order valence-corrected chi connectivity index (χ4v) is 2.44. The van der Waals surface area contributed by atoms with Gasteiger partial charge in [0.25, 0.3) is 11.6 Å². The van der Waals surface area contributed by atoms with Crippen LogP contribution in [0, 0.1) is 10.1 Å². The molecule has 1 saturated heterocycles. The summed E-state index contributed by atoms with van der Waals surface area (Å²) in [6.45, 7) is 3.35. The molecular formula is C14H19N3O3. The molecule has 0 bridgehead atoms. The molecule has 0 aliphatic carbocycles. The van der Waals surface area contributed by atoms with E-state index in [-0.39, 0.29) is 22.7 Å². The Morgan fingerprint density at radius 2 is 1.95 bits per heavy atom. The van der Waals surface area contributed by atoms with Gasteiger partial charge >= 0.3 is 0 Å². The Morgan fingerprint density at radius 3 is 2.50 bits per heavy atom. The molecule has 1 aromatic rings. The van der Waals surface area contributed by atoms with Gasteiger partial charge in [-0.25, -0.2) is 0 Å². The van der Waals surface area contributed by atoms with Crippen LogP contribution in [0.15, 0.2) is 24.3 Å². The Morgan fingerprint density at radius 1 is 1.35 bits per heavy atom. The van der Waals surface area contributed by atoms with Crippen molar-refractivity contribution < 1.29 is 9.72 Å². The second-order valence-electron chi connectivity index (χ2n) is 5.38. The molecular weight excluding hydrogens is 258 g/mol. The summed E-state index contributed by atoms with van der Waals surface area (Å²) in [7, 11) is 1.92. The van der Waals surface area contributed by atoms with Crippen LogP contribution < -0.4 is 5.32 Å². The van der Waals surface area contributed by atoms with Gasteiger partial charge in [0.05, 0.1) is 4.92 Å². The fraction of sp³-hybridized carbons (Fsp3) is 0.500. The number of para-hydroxylation sites is 1. The maximum absolute atomic E-state index is 12.4. The van der Waals surface area contributed by atoms with E-state index in [1.165, 1.54) is 12.1 Å². The largest absolute Gasteiger partial charge is 0.338 e. The number of nitro benzene ring substituents is 1. The average Bonchev–Trinajstić information content (AvgIpc) is 2.47. The molecule has 0 radical (unpaired) electrons. The first-order valence-corrected chi connectivity index (χ1v) is 6.68. The van der Waals surface area contributed by atoms with E-state index in [0.29, 0.717) is 13.1 Å². The second kappa shape index (κ2) is 5.58. The minimum Gasteiger partial charge on any atom is -0.338 e. The fourth-order valence-electron chi connectivity index (χ4n) is 2.44. The van der Waals surface area contributed by atoms with Crippen molar-refractivity contribution in [1.29, 1.82) is 0 Å². The Kier molecular flexibility index (Phi) is 4.04. The number of hydrogen-bond acceptors (Lipinski definition) is 4. The van der Waals surface area contributed by atoms with Crippen molar-refractivity contribution in [2.75, 3.05) is 20.1 Å². The number of piperidine rings is 1. The lowest BCUT2D eigenvalue weighted by molar-refractivity contribution is -0.385. The molecule has 0 saturated carbocycles. The minimum absolute atomic E-state index is 0.0411. The number of nitro groups is 1. The highest BCUT2D eigenvalue weighted by molar-refractivity contribution is 5.98. The van der Waals surface area contributed by atoms with Gasteiger partial charge in [-0.2, -0.15) is 0 Å². The quantitative estimate of drug-likeness (QED) is 0.675. The molecule has 2 rings (SSSR count). The summed E-state index contributed by atoms with van der Waals surface area (Å²) < 4.78 is 0. The first-order chi connectivity index (χ1) is 9.47. The monoisotopic (exact) mass is 277 g/mol. The van der Waals surface area contributed by atoms with Gasteiger partial charge in [-0.1, -0.05) is 12.1 Å². The van der Waals surface area contributed by atoms with Crippen LogP contribution in [0.2, 0.25) is 0 Å². The molecule has 20 heavy (non-hydrogen) atoms. The minimum atomic E-state index is -0.505. The number of amides is 1. The Bertz CT molecular complexity index is 522. The average molecular weight is 277 g/mol. The van der Waals surface area contributed by atoms with Crippen LogP contribution in [0.3, 0.4) is 0 Å². The zero-order chi connectivity index (χ0) is 14.8. The molecule has 1 N–H and O–H groups in total. The predicted octanol–water partition coefficient (Wildman–Crippen LogP) is 1.81. The summed E-state index contributed by atoms with van der Waals surface area (Å²) in [5.41, 5.74) is 0.0874. The van der Waals surface area contributed by atoms with Crippen molar-refractivity contribution in [2.45, 2.75) is 25.3 Å². The number of hydrogen-bond donors (Lipinski definition) is 1. The normalized spacial score (nSPS) is 17.8. The van der Waals surface area contributed by atoms with Gasteiger partial charge in [-0.15, -0.1) is 0 Å². The lowest BCUT2D eigenvalue weighted by atomic mass is 9.89. The van der Waals surface area contributed by atoms with Crippen molar-refractivity contribution >= 4 is 11.6 Å². The SMILES string of the molecule is CNC1(C)CCN(C(=O)c2ccccc2[N+](=O)[O-])CC1. The summed E-state index contributed by atoms with van der Waals surface area (Å²) in [5.74, 6) is -0.254. The van der Waals surface area contributed by atoms with Crippen LogP contribution in [-0.4, -0.2) is 41.4 Å². The maximum Gasteiger partial charge on any atom is 0.282 e. The van der Waals surface area contributed by atoms with Gasteiger partial charge in [0, 0.05) is 24.7 Å². The van der Waals surface area contributed by atoms with Crippen LogP contribution in [0.25, 0.3) is 0 Å². The zero-order valence-corrected chi connectivity index (χ0v) is 11.8. The van der Waals surface area contributed by atoms with Crippen LogP contribution in [0.1, 0.15) is 30.1 Å². The van der Waals surface area contributed by atoms with Crippen molar-refractivity contribution in [3.63, 3.8) is 0 Å². The van der Waals surface area contributed by atoms with E-state index in [1.54, 1.807) is 17.0 Å². The third kappa shape index (κ3) is 2.80. The van der Waals surface area contributed by atoms with Crippen LogP contribution in [0.4, 0.5) is 5.69 Å². The maximum atomic E-state index is 12.4. The molecule has 0 aromatic heterocycles. The molecule has 108 valence electrons. The van der Waals surface area contributed by atoms with Crippen molar-refractivity contribution in [3.05, 3.63) is 39.9 Å². The van der Waals surface area contributed by atoms with Gasteiger partial charge < -0.3 is 10.2 Å². The van der Waals surface area contributed by atoms with Crippen molar-refractivity contribution in [1.82, 2.24) is 10.2 Å². The predicted molar refractivity (Wildman–Crippen MR) is 75.7 cm³/mol. The number of benzene rings is 1. The molecule has 1 aliphatic rings. The topological polar surface area (TPSA) is 75.5 Å². The highest BCUT2D eigenvalue weighted by atomic mass is 16.6. The lowest BCUT2D eigenvalue weighted by Gasteiger charge is -2.39. The number of carbonyl (C=O) groups excluding carboxylic acids is 1. The smallest absolute Gasteiger partial charge is 0.282 e. The van der Waals surface area contributed by atoms with E-state index < -0.39 is 4.92 Å². The first-order valence-electron chi connectivity index (χ1n) is 6.68. The second-order valence-corrected chi connectivity index (χ2v) is 5.38. The van der Waals surface area contributed by atoms with E-state index in [4.69, 9.17) is 0 Å². The molecule has 0 unspecified atom stereocenters. The van der Waals surface area contributed by atoms with E-state index in [1.807, 2.05) is 7.05 Å². The highest BCUT2D eigenvalue weighted by Crippen LogP contribution is 2.25. The molecule has 1 fully saturated rings. The standard InChI is InChI=1S/C14H19N3O3/c1-14(15-2)7-9-16(10-8-14)13(18)11-5-3-4-6-12(11)17(19)20/h3-6,15H,7-10H2,1-2H3. The van der Waals surface area contributed by atoms with E-state index >= 15 is 0 Å². The molecule has 6 nitrogen and oxygen atoms in total. The molecule has 1 aliphatic heterocycles.